The molecule has 0 radical (unpaired) electrons. The van der Waals surface area contributed by atoms with Gasteiger partial charge in [-0.15, -0.1) is 0 Å². The predicted octanol–water partition coefficient (Wildman–Crippen LogP) is 3.19. The predicted molar refractivity (Wildman–Crippen MR) is 69.5 cm³/mol. The maximum Gasteiger partial charge on any atom is 0.115 e. The van der Waals surface area contributed by atoms with Crippen molar-refractivity contribution in [3.63, 3.8) is 0 Å². The van der Waals surface area contributed by atoms with Crippen LogP contribution in [0.2, 0.25) is 0 Å². The van der Waals surface area contributed by atoms with E-state index in [1.165, 1.54) is 22.3 Å². The Morgan fingerprint density at radius 3 is 2.47 bits per heavy atom. The van der Waals surface area contributed by atoms with Gasteiger partial charge in [0.05, 0.1) is 5.69 Å². The van der Waals surface area contributed by atoms with Crippen molar-refractivity contribution in [1.82, 2.24) is 9.97 Å². The Bertz CT molecular complexity index is 595. The molecule has 0 N–H and O–H groups in total. The lowest BCUT2D eigenvalue weighted by molar-refractivity contribution is 1.03. The molecule has 1 aliphatic carbocycles. The minimum atomic E-state index is 0.918. The summed E-state index contributed by atoms with van der Waals surface area (Å²) in [5.41, 5.74) is 7.32. The summed E-state index contributed by atoms with van der Waals surface area (Å²) in [7, 11) is 0. The number of allylic oxidation sites excluding steroid dienone is 1. The molecular formula is C15H14N2. The van der Waals surface area contributed by atoms with Gasteiger partial charge in [0.1, 0.15) is 6.33 Å². The van der Waals surface area contributed by atoms with Gasteiger partial charge >= 0.3 is 0 Å². The number of rotatable bonds is 1. The molecule has 0 fully saturated rings. The van der Waals surface area contributed by atoms with Crippen molar-refractivity contribution in [2.45, 2.75) is 20.3 Å². The highest BCUT2D eigenvalue weighted by atomic mass is 14.8. The fourth-order valence-electron chi connectivity index (χ4n) is 2.22. The van der Waals surface area contributed by atoms with Gasteiger partial charge in [-0.3, -0.25) is 0 Å². The normalized spacial score (nSPS) is 13.4. The van der Waals surface area contributed by atoms with E-state index < -0.39 is 0 Å². The largest absolute Gasteiger partial charge is 0.241 e. The van der Waals surface area contributed by atoms with Crippen LogP contribution in [0.1, 0.15) is 28.1 Å². The van der Waals surface area contributed by atoms with Crippen LogP contribution < -0.4 is 0 Å². The lowest BCUT2D eigenvalue weighted by atomic mass is 10.0. The van der Waals surface area contributed by atoms with Gasteiger partial charge in [0.25, 0.3) is 0 Å². The fourth-order valence-corrected chi connectivity index (χ4v) is 2.22. The molecule has 0 saturated carbocycles. The third-order valence-corrected chi connectivity index (χ3v) is 3.26. The van der Waals surface area contributed by atoms with Crippen LogP contribution >= 0.6 is 0 Å². The van der Waals surface area contributed by atoms with E-state index in [4.69, 9.17) is 0 Å². The first-order chi connectivity index (χ1) is 8.24. The Labute approximate surface area is 101 Å². The van der Waals surface area contributed by atoms with Crippen molar-refractivity contribution in [2.24, 2.45) is 0 Å². The molecule has 0 spiro atoms. The first-order valence-electron chi connectivity index (χ1n) is 5.82. The van der Waals surface area contributed by atoms with Crippen LogP contribution in [0.5, 0.6) is 0 Å². The highest BCUT2D eigenvalue weighted by Gasteiger charge is 2.17. The van der Waals surface area contributed by atoms with Crippen molar-refractivity contribution >= 4 is 11.6 Å². The van der Waals surface area contributed by atoms with Gasteiger partial charge in [-0.2, -0.15) is 0 Å². The van der Waals surface area contributed by atoms with E-state index in [1.807, 2.05) is 6.92 Å². The van der Waals surface area contributed by atoms with Gasteiger partial charge in [-0.25, -0.2) is 9.97 Å². The third-order valence-electron chi connectivity index (χ3n) is 3.26. The maximum absolute atomic E-state index is 4.35. The molecule has 84 valence electrons. The molecule has 1 aromatic carbocycles. The number of aryl methyl sites for hydroxylation is 2. The van der Waals surface area contributed by atoms with Crippen LogP contribution in [-0.4, -0.2) is 9.97 Å². The molecule has 0 atom stereocenters. The molecule has 2 aromatic rings. The molecule has 1 heterocycles. The smallest absolute Gasteiger partial charge is 0.115 e. The van der Waals surface area contributed by atoms with E-state index in [0.29, 0.717) is 0 Å². The summed E-state index contributed by atoms with van der Waals surface area (Å²) >= 11 is 0. The second-order valence-corrected chi connectivity index (χ2v) is 4.53. The van der Waals surface area contributed by atoms with Crippen LogP contribution in [0.4, 0.5) is 0 Å². The van der Waals surface area contributed by atoms with E-state index in [0.717, 1.165) is 17.8 Å². The molecule has 2 heteroatoms. The highest BCUT2D eigenvalue weighted by Crippen LogP contribution is 2.31. The summed E-state index contributed by atoms with van der Waals surface area (Å²) in [6, 6.07) is 8.65. The number of nitrogens with zero attached hydrogens (tertiary/aromatic N) is 2. The van der Waals surface area contributed by atoms with Gasteiger partial charge < -0.3 is 0 Å². The summed E-state index contributed by atoms with van der Waals surface area (Å²) in [6.45, 7) is 4.15. The minimum absolute atomic E-state index is 0.918. The fraction of sp³-hybridized carbons (Fsp3) is 0.200. The van der Waals surface area contributed by atoms with Gasteiger partial charge in [0, 0.05) is 17.7 Å². The molecule has 0 saturated heterocycles. The second kappa shape index (κ2) is 3.81. The van der Waals surface area contributed by atoms with E-state index in [2.05, 4.69) is 47.2 Å². The third kappa shape index (κ3) is 1.76. The summed E-state index contributed by atoms with van der Waals surface area (Å²) < 4.78 is 0. The van der Waals surface area contributed by atoms with Crippen molar-refractivity contribution in [1.29, 1.82) is 0 Å². The maximum atomic E-state index is 4.35. The Hall–Kier alpha value is -1.96. The molecule has 3 rings (SSSR count). The Kier molecular flexibility index (Phi) is 2.29. The number of aromatic nitrogens is 2. The molecule has 1 aromatic heterocycles. The van der Waals surface area contributed by atoms with Crippen LogP contribution in [0.3, 0.4) is 0 Å². The van der Waals surface area contributed by atoms with Crippen molar-refractivity contribution < 1.29 is 0 Å². The SMILES string of the molecule is Cc1ccc(C2=Cc3c(C)ncnc3C2)cc1. The summed E-state index contributed by atoms with van der Waals surface area (Å²) in [6.07, 6.45) is 4.79. The lowest BCUT2D eigenvalue weighted by Gasteiger charge is -2.02. The summed E-state index contributed by atoms with van der Waals surface area (Å²) in [5, 5.41) is 0. The standard InChI is InChI=1S/C15H14N2/c1-10-3-5-12(6-4-10)13-7-14-11(2)16-9-17-15(14)8-13/h3-7,9H,8H2,1-2H3. The van der Waals surface area contributed by atoms with Crippen LogP contribution in [-0.2, 0) is 6.42 Å². The molecule has 1 aliphatic rings. The Balaban J connectivity index is 2.02. The van der Waals surface area contributed by atoms with Crippen LogP contribution in [0.15, 0.2) is 30.6 Å². The van der Waals surface area contributed by atoms with Crippen molar-refractivity contribution in [2.75, 3.05) is 0 Å². The van der Waals surface area contributed by atoms with E-state index in [1.54, 1.807) is 6.33 Å². The summed E-state index contributed by atoms with van der Waals surface area (Å²) in [5.74, 6) is 0. The van der Waals surface area contributed by atoms with Gasteiger partial charge in [0.2, 0.25) is 0 Å². The molecule has 0 aliphatic heterocycles. The molecule has 0 amide bonds. The average Bonchev–Trinajstić information content (AvgIpc) is 2.75. The zero-order valence-corrected chi connectivity index (χ0v) is 10.1. The number of benzene rings is 1. The van der Waals surface area contributed by atoms with Crippen molar-refractivity contribution in [3.8, 4) is 0 Å². The monoisotopic (exact) mass is 222 g/mol. The zero-order valence-electron chi connectivity index (χ0n) is 10.1. The first kappa shape index (κ1) is 10.2. The molecule has 0 unspecified atom stereocenters. The Morgan fingerprint density at radius 2 is 1.76 bits per heavy atom. The molecule has 0 bridgehead atoms. The van der Waals surface area contributed by atoms with Gasteiger partial charge in [-0.1, -0.05) is 29.8 Å². The highest BCUT2D eigenvalue weighted by molar-refractivity contribution is 5.88. The molecular weight excluding hydrogens is 208 g/mol. The Morgan fingerprint density at radius 1 is 1.00 bits per heavy atom. The van der Waals surface area contributed by atoms with Gasteiger partial charge in [0.15, 0.2) is 0 Å². The topological polar surface area (TPSA) is 25.8 Å². The first-order valence-corrected chi connectivity index (χ1v) is 5.82. The number of fused-ring (bicyclic) bond motifs is 1. The van der Waals surface area contributed by atoms with E-state index in [9.17, 15) is 0 Å². The lowest BCUT2D eigenvalue weighted by Crippen LogP contribution is -1.94. The van der Waals surface area contributed by atoms with Crippen LogP contribution in [0, 0.1) is 13.8 Å². The van der Waals surface area contributed by atoms with Crippen LogP contribution in [0.25, 0.3) is 11.6 Å². The number of hydrogen-bond acceptors (Lipinski definition) is 2. The van der Waals surface area contributed by atoms with Crippen molar-refractivity contribution in [3.05, 3.63) is 58.7 Å². The minimum Gasteiger partial charge on any atom is -0.241 e. The zero-order chi connectivity index (χ0) is 11.8. The molecule has 17 heavy (non-hydrogen) atoms. The summed E-state index contributed by atoms with van der Waals surface area (Å²) in [4.78, 5) is 8.59. The van der Waals surface area contributed by atoms with E-state index in [-0.39, 0.29) is 0 Å². The quantitative estimate of drug-likeness (QED) is 0.740. The number of hydrogen-bond donors (Lipinski definition) is 0. The van der Waals surface area contributed by atoms with E-state index >= 15 is 0 Å². The average molecular weight is 222 g/mol. The molecule has 2 nitrogen and oxygen atoms in total. The van der Waals surface area contributed by atoms with Gasteiger partial charge in [-0.05, 0) is 31.1 Å². The second-order valence-electron chi connectivity index (χ2n) is 4.53.